The zero-order valence-corrected chi connectivity index (χ0v) is 15.3. The highest BCUT2D eigenvalue weighted by Crippen LogP contribution is 2.28. The Hall–Kier alpha value is -0.660. The summed E-state index contributed by atoms with van der Waals surface area (Å²) in [6.07, 6.45) is 0.909. The third kappa shape index (κ3) is 4.45. The zero-order chi connectivity index (χ0) is 17.1. The van der Waals surface area contributed by atoms with E-state index in [9.17, 15) is 13.5 Å². The fourth-order valence-corrected chi connectivity index (χ4v) is 4.49. The van der Waals surface area contributed by atoms with Gasteiger partial charge in [0.1, 0.15) is 0 Å². The van der Waals surface area contributed by atoms with Gasteiger partial charge in [0.25, 0.3) is 0 Å². The summed E-state index contributed by atoms with van der Waals surface area (Å²) in [6.45, 7) is 7.15. The van der Waals surface area contributed by atoms with Crippen molar-refractivity contribution >= 4 is 21.6 Å². The van der Waals surface area contributed by atoms with Gasteiger partial charge in [-0.15, -0.1) is 0 Å². The van der Waals surface area contributed by atoms with Crippen LogP contribution >= 0.6 is 11.6 Å². The van der Waals surface area contributed by atoms with E-state index in [0.717, 1.165) is 13.1 Å². The van der Waals surface area contributed by atoms with E-state index in [-0.39, 0.29) is 4.90 Å². The summed E-state index contributed by atoms with van der Waals surface area (Å²) in [6, 6.07) is 6.20. The number of likely N-dealkylation sites (N-methyl/N-ethyl adjacent to an activating group) is 1. The Kier molecular flexibility index (Phi) is 6.08. The average molecular weight is 361 g/mol. The monoisotopic (exact) mass is 360 g/mol. The molecule has 0 spiro atoms. The van der Waals surface area contributed by atoms with Crippen molar-refractivity contribution in [1.82, 2.24) is 9.21 Å². The van der Waals surface area contributed by atoms with E-state index in [1.54, 1.807) is 12.1 Å². The van der Waals surface area contributed by atoms with Gasteiger partial charge >= 0.3 is 0 Å². The molecule has 0 unspecified atom stereocenters. The van der Waals surface area contributed by atoms with Crippen LogP contribution in [0.25, 0.3) is 0 Å². The SMILES string of the molecule is CCN(CC)CC1(O)CCN(S(=O)(=O)c2ccc(Cl)cc2)CC1. The lowest BCUT2D eigenvalue weighted by Crippen LogP contribution is -2.52. The van der Waals surface area contributed by atoms with Gasteiger partial charge in [0.2, 0.25) is 10.0 Å². The summed E-state index contributed by atoms with van der Waals surface area (Å²) >= 11 is 5.81. The van der Waals surface area contributed by atoms with Gasteiger partial charge in [-0.1, -0.05) is 25.4 Å². The summed E-state index contributed by atoms with van der Waals surface area (Å²) in [5.74, 6) is 0. The summed E-state index contributed by atoms with van der Waals surface area (Å²) in [7, 11) is -3.52. The molecule has 0 saturated carbocycles. The fraction of sp³-hybridized carbons (Fsp3) is 0.625. The minimum absolute atomic E-state index is 0.246. The quantitative estimate of drug-likeness (QED) is 0.844. The Morgan fingerprint density at radius 3 is 2.17 bits per heavy atom. The summed E-state index contributed by atoms with van der Waals surface area (Å²) in [5, 5.41) is 11.2. The predicted octanol–water partition coefficient (Wildman–Crippen LogP) is 2.20. The predicted molar refractivity (Wildman–Crippen MR) is 92.2 cm³/mol. The molecule has 1 saturated heterocycles. The molecule has 0 atom stereocenters. The van der Waals surface area contributed by atoms with E-state index in [1.807, 2.05) is 0 Å². The lowest BCUT2D eigenvalue weighted by atomic mass is 9.92. The second-order valence-electron chi connectivity index (χ2n) is 6.04. The molecule has 1 aliphatic rings. The molecule has 1 aliphatic heterocycles. The molecule has 0 amide bonds. The normalized spacial score (nSPS) is 19.2. The maximum Gasteiger partial charge on any atom is 0.243 e. The molecular weight excluding hydrogens is 336 g/mol. The molecule has 23 heavy (non-hydrogen) atoms. The molecule has 0 aliphatic carbocycles. The first-order chi connectivity index (χ1) is 10.8. The Bertz CT molecular complexity index is 607. The van der Waals surface area contributed by atoms with Gasteiger partial charge in [-0.25, -0.2) is 8.42 Å². The van der Waals surface area contributed by atoms with Crippen LogP contribution in [0.2, 0.25) is 5.02 Å². The van der Waals surface area contributed by atoms with Crippen LogP contribution in [0, 0.1) is 0 Å². The standard InChI is InChI=1S/C16H25ClN2O3S/c1-3-18(4-2)13-16(20)9-11-19(12-10-16)23(21,22)15-7-5-14(17)6-8-15/h5-8,20H,3-4,9-13H2,1-2H3. The van der Waals surface area contributed by atoms with E-state index >= 15 is 0 Å². The van der Waals surface area contributed by atoms with Crippen molar-refractivity contribution in [2.45, 2.75) is 37.2 Å². The van der Waals surface area contributed by atoms with Crippen molar-refractivity contribution in [2.75, 3.05) is 32.7 Å². The van der Waals surface area contributed by atoms with Gasteiger partial charge in [-0.05, 0) is 50.2 Å². The van der Waals surface area contributed by atoms with Crippen LogP contribution in [0.1, 0.15) is 26.7 Å². The van der Waals surface area contributed by atoms with Crippen LogP contribution in [0.15, 0.2) is 29.2 Å². The molecule has 1 aromatic carbocycles. The summed E-state index contributed by atoms with van der Waals surface area (Å²) in [4.78, 5) is 2.42. The van der Waals surface area contributed by atoms with E-state index in [1.165, 1.54) is 16.4 Å². The maximum absolute atomic E-state index is 12.6. The van der Waals surface area contributed by atoms with Crippen LogP contribution in [0.5, 0.6) is 0 Å². The molecule has 1 aromatic rings. The second kappa shape index (κ2) is 7.49. The second-order valence-corrected chi connectivity index (χ2v) is 8.42. The number of hydrogen-bond donors (Lipinski definition) is 1. The van der Waals surface area contributed by atoms with Gasteiger partial charge in [0.15, 0.2) is 0 Å². The maximum atomic E-state index is 12.6. The molecule has 1 N–H and O–H groups in total. The minimum atomic E-state index is -3.52. The van der Waals surface area contributed by atoms with Crippen LogP contribution in [-0.4, -0.2) is 61.1 Å². The largest absolute Gasteiger partial charge is 0.388 e. The third-order valence-corrected chi connectivity index (χ3v) is 6.68. The smallest absolute Gasteiger partial charge is 0.243 e. The number of hydrogen-bond acceptors (Lipinski definition) is 4. The molecule has 0 bridgehead atoms. The van der Waals surface area contributed by atoms with Crippen molar-refractivity contribution in [3.05, 3.63) is 29.3 Å². The minimum Gasteiger partial charge on any atom is -0.388 e. The van der Waals surface area contributed by atoms with E-state index < -0.39 is 15.6 Å². The number of aliphatic hydroxyl groups is 1. The van der Waals surface area contributed by atoms with Crippen molar-refractivity contribution in [3.63, 3.8) is 0 Å². The first-order valence-corrected chi connectivity index (χ1v) is 9.83. The number of benzene rings is 1. The molecule has 1 heterocycles. The average Bonchev–Trinajstić information content (AvgIpc) is 2.53. The number of halogens is 1. The summed E-state index contributed by atoms with van der Waals surface area (Å²) < 4.78 is 26.7. The lowest BCUT2D eigenvalue weighted by molar-refractivity contribution is -0.0309. The molecule has 1 fully saturated rings. The fourth-order valence-electron chi connectivity index (χ4n) is 2.92. The highest BCUT2D eigenvalue weighted by Gasteiger charge is 2.37. The third-order valence-electron chi connectivity index (χ3n) is 4.52. The highest BCUT2D eigenvalue weighted by molar-refractivity contribution is 7.89. The number of sulfonamides is 1. The lowest BCUT2D eigenvalue weighted by Gasteiger charge is -2.40. The van der Waals surface area contributed by atoms with Gasteiger partial charge in [0, 0.05) is 24.7 Å². The molecule has 7 heteroatoms. The highest BCUT2D eigenvalue weighted by atomic mass is 35.5. The Labute approximate surface area is 143 Å². The van der Waals surface area contributed by atoms with Crippen LogP contribution < -0.4 is 0 Å². The Balaban J connectivity index is 2.04. The van der Waals surface area contributed by atoms with Gasteiger partial charge in [-0.3, -0.25) is 0 Å². The van der Waals surface area contributed by atoms with E-state index in [4.69, 9.17) is 11.6 Å². The molecule has 2 rings (SSSR count). The van der Waals surface area contributed by atoms with Gasteiger partial charge in [0.05, 0.1) is 10.5 Å². The van der Waals surface area contributed by atoms with Crippen molar-refractivity contribution in [3.8, 4) is 0 Å². The molecular formula is C16H25ClN2O3S. The summed E-state index contributed by atoms with van der Waals surface area (Å²) in [5.41, 5.74) is -0.808. The number of nitrogens with zero attached hydrogens (tertiary/aromatic N) is 2. The topological polar surface area (TPSA) is 60.9 Å². The molecule has 5 nitrogen and oxygen atoms in total. The number of piperidine rings is 1. The number of rotatable bonds is 6. The van der Waals surface area contributed by atoms with E-state index in [0.29, 0.717) is 37.5 Å². The first kappa shape index (κ1) is 18.7. The van der Waals surface area contributed by atoms with Gasteiger partial charge < -0.3 is 10.0 Å². The zero-order valence-electron chi connectivity index (χ0n) is 13.7. The van der Waals surface area contributed by atoms with Crippen LogP contribution in [0.3, 0.4) is 0 Å². The Morgan fingerprint density at radius 2 is 1.70 bits per heavy atom. The first-order valence-electron chi connectivity index (χ1n) is 8.01. The van der Waals surface area contributed by atoms with Crippen molar-refractivity contribution < 1.29 is 13.5 Å². The van der Waals surface area contributed by atoms with E-state index in [2.05, 4.69) is 18.7 Å². The molecule has 130 valence electrons. The Morgan fingerprint density at radius 1 is 1.17 bits per heavy atom. The molecule has 0 aromatic heterocycles. The van der Waals surface area contributed by atoms with Crippen LogP contribution in [0.4, 0.5) is 0 Å². The molecule has 0 radical (unpaired) electrons. The van der Waals surface area contributed by atoms with Crippen molar-refractivity contribution in [2.24, 2.45) is 0 Å². The van der Waals surface area contributed by atoms with Crippen molar-refractivity contribution in [1.29, 1.82) is 0 Å². The van der Waals surface area contributed by atoms with Crippen LogP contribution in [-0.2, 0) is 10.0 Å². The van der Waals surface area contributed by atoms with Gasteiger partial charge in [-0.2, -0.15) is 4.31 Å².